The Morgan fingerprint density at radius 2 is 1.71 bits per heavy atom. The quantitative estimate of drug-likeness (QED) is 0.209. The molecule has 8 nitrogen and oxygen atoms in total. The number of halogens is 2. The Labute approximate surface area is 201 Å². The van der Waals surface area contributed by atoms with E-state index in [1.807, 2.05) is 6.07 Å². The molecule has 0 aliphatic rings. The standard InChI is InChI=1S/C24H15Cl2N5O3/c25-13-5-7-17(26)19(10-13)30-31-21-15-4-2-1-3-12(15)9-16(22(21)32)23(33)27-14-6-8-18-20(11-14)29-24(34)28-18/h1-11,32H,(H,27,33)(H2,28,29,34)/b31-30+. The molecule has 0 aliphatic heterocycles. The van der Waals surface area contributed by atoms with Gasteiger partial charge in [-0.25, -0.2) is 4.79 Å². The number of hydrogen-bond donors (Lipinski definition) is 4. The van der Waals surface area contributed by atoms with E-state index in [0.29, 0.717) is 43.2 Å². The maximum absolute atomic E-state index is 13.1. The lowest BCUT2D eigenvalue weighted by Crippen LogP contribution is -2.12. The number of phenolic OH excluding ortho intramolecular Hbond substituents is 1. The van der Waals surface area contributed by atoms with Crippen LogP contribution in [0.25, 0.3) is 21.8 Å². The minimum atomic E-state index is -0.558. The average Bonchev–Trinajstić information content (AvgIpc) is 3.19. The van der Waals surface area contributed by atoms with E-state index in [9.17, 15) is 14.7 Å². The Morgan fingerprint density at radius 1 is 0.912 bits per heavy atom. The zero-order valence-electron chi connectivity index (χ0n) is 17.3. The first-order valence-electron chi connectivity index (χ1n) is 10.0. The first-order chi connectivity index (χ1) is 16.4. The number of phenols is 1. The van der Waals surface area contributed by atoms with Gasteiger partial charge in [-0.1, -0.05) is 47.5 Å². The molecule has 0 fully saturated rings. The van der Waals surface area contributed by atoms with Gasteiger partial charge in [0.1, 0.15) is 11.4 Å². The molecule has 0 spiro atoms. The molecule has 1 amide bonds. The highest BCUT2D eigenvalue weighted by molar-refractivity contribution is 6.35. The Balaban J connectivity index is 1.56. The Kier molecular flexibility index (Phi) is 5.53. The van der Waals surface area contributed by atoms with Gasteiger partial charge in [-0.3, -0.25) is 4.79 Å². The summed E-state index contributed by atoms with van der Waals surface area (Å²) in [4.78, 5) is 29.8. The third-order valence-electron chi connectivity index (χ3n) is 5.18. The number of H-pyrrole nitrogens is 2. The third kappa shape index (κ3) is 4.12. The van der Waals surface area contributed by atoms with Gasteiger partial charge in [-0.05, 0) is 47.9 Å². The number of azo groups is 1. The molecule has 1 aromatic heterocycles. The number of amides is 1. The second-order valence-corrected chi connectivity index (χ2v) is 8.28. The molecule has 0 bridgehead atoms. The Morgan fingerprint density at radius 3 is 2.56 bits per heavy atom. The lowest BCUT2D eigenvalue weighted by Gasteiger charge is -2.11. The molecule has 0 saturated carbocycles. The van der Waals surface area contributed by atoms with Gasteiger partial charge in [0.25, 0.3) is 5.91 Å². The zero-order valence-corrected chi connectivity index (χ0v) is 18.8. The summed E-state index contributed by atoms with van der Waals surface area (Å²) in [5.41, 5.74) is 1.69. The molecule has 0 radical (unpaired) electrons. The highest BCUT2D eigenvalue weighted by Crippen LogP contribution is 2.40. The first kappa shape index (κ1) is 21.7. The van der Waals surface area contributed by atoms with Crippen molar-refractivity contribution in [2.75, 3.05) is 5.32 Å². The van der Waals surface area contributed by atoms with Crippen LogP contribution < -0.4 is 11.0 Å². The minimum absolute atomic E-state index is 0.00694. The summed E-state index contributed by atoms with van der Waals surface area (Å²) in [5.74, 6) is -0.896. The van der Waals surface area contributed by atoms with Gasteiger partial charge in [-0.2, -0.15) is 0 Å². The van der Waals surface area contributed by atoms with Gasteiger partial charge in [-0.15, -0.1) is 10.2 Å². The van der Waals surface area contributed by atoms with Gasteiger partial charge >= 0.3 is 5.69 Å². The summed E-state index contributed by atoms with van der Waals surface area (Å²) in [5, 5.41) is 24.1. The maximum Gasteiger partial charge on any atom is 0.323 e. The molecule has 4 aromatic carbocycles. The Hall–Kier alpha value is -4.14. The molecule has 0 atom stereocenters. The molecular formula is C24H15Cl2N5O3. The lowest BCUT2D eigenvalue weighted by molar-refractivity contribution is 0.102. The van der Waals surface area contributed by atoms with Crippen molar-refractivity contribution in [3.63, 3.8) is 0 Å². The van der Waals surface area contributed by atoms with Crippen molar-refractivity contribution in [2.45, 2.75) is 0 Å². The number of imidazole rings is 1. The van der Waals surface area contributed by atoms with E-state index in [-0.39, 0.29) is 22.7 Å². The second-order valence-electron chi connectivity index (χ2n) is 7.43. The van der Waals surface area contributed by atoms with E-state index >= 15 is 0 Å². The van der Waals surface area contributed by atoms with Gasteiger partial charge in [0.15, 0.2) is 5.75 Å². The molecule has 5 aromatic rings. The van der Waals surface area contributed by atoms with E-state index in [4.69, 9.17) is 23.2 Å². The van der Waals surface area contributed by atoms with Gasteiger partial charge < -0.3 is 20.4 Å². The third-order valence-corrected chi connectivity index (χ3v) is 5.73. The van der Waals surface area contributed by atoms with Crippen LogP contribution in [-0.4, -0.2) is 21.0 Å². The SMILES string of the molecule is O=C(Nc1ccc2[nH]c(=O)[nH]c2c1)c1cc2ccccc2c(/N=N/c2cc(Cl)ccc2Cl)c1O. The van der Waals surface area contributed by atoms with Crippen molar-refractivity contribution in [3.8, 4) is 5.75 Å². The highest BCUT2D eigenvalue weighted by atomic mass is 35.5. The average molecular weight is 492 g/mol. The summed E-state index contributed by atoms with van der Waals surface area (Å²) in [6, 6.07) is 18.4. The van der Waals surface area contributed by atoms with Crippen molar-refractivity contribution in [1.29, 1.82) is 0 Å². The molecule has 10 heteroatoms. The van der Waals surface area contributed by atoms with Crippen LogP contribution in [0.3, 0.4) is 0 Å². The summed E-state index contributed by atoms with van der Waals surface area (Å²) < 4.78 is 0. The maximum atomic E-state index is 13.1. The van der Waals surface area contributed by atoms with E-state index < -0.39 is 5.91 Å². The number of hydrogen-bond acceptors (Lipinski definition) is 5. The fourth-order valence-electron chi connectivity index (χ4n) is 3.57. The molecular weight excluding hydrogens is 477 g/mol. The summed E-state index contributed by atoms with van der Waals surface area (Å²) in [6.45, 7) is 0. The number of benzene rings is 4. The van der Waals surface area contributed by atoms with Crippen LogP contribution in [0.4, 0.5) is 17.1 Å². The van der Waals surface area contributed by atoms with E-state index in [1.54, 1.807) is 60.7 Å². The normalized spacial score (nSPS) is 11.5. The zero-order chi connectivity index (χ0) is 23.8. The smallest absolute Gasteiger partial charge is 0.323 e. The number of rotatable bonds is 4. The number of anilines is 1. The largest absolute Gasteiger partial charge is 0.505 e. The number of fused-ring (bicyclic) bond motifs is 2. The van der Waals surface area contributed by atoms with Crippen LogP contribution in [0.1, 0.15) is 10.4 Å². The predicted octanol–water partition coefficient (Wildman–Crippen LogP) is 6.69. The van der Waals surface area contributed by atoms with Crippen molar-refractivity contribution in [2.24, 2.45) is 10.2 Å². The Bertz CT molecular complexity index is 1670. The first-order valence-corrected chi connectivity index (χ1v) is 10.8. The molecule has 0 aliphatic carbocycles. The van der Waals surface area contributed by atoms with Crippen LogP contribution in [0.2, 0.25) is 10.0 Å². The number of nitrogens with zero attached hydrogens (tertiary/aromatic N) is 2. The minimum Gasteiger partial charge on any atom is -0.505 e. The summed E-state index contributed by atoms with van der Waals surface area (Å²) >= 11 is 12.2. The van der Waals surface area contributed by atoms with Crippen molar-refractivity contribution in [3.05, 3.63) is 92.8 Å². The van der Waals surface area contributed by atoms with Gasteiger partial charge in [0.2, 0.25) is 0 Å². The fourth-order valence-corrected chi connectivity index (χ4v) is 3.89. The number of nitrogens with one attached hydrogen (secondary N) is 3. The molecule has 5 rings (SSSR count). The molecule has 34 heavy (non-hydrogen) atoms. The molecule has 168 valence electrons. The monoisotopic (exact) mass is 491 g/mol. The number of aromatic nitrogens is 2. The molecule has 1 heterocycles. The molecule has 4 N–H and O–H groups in total. The van der Waals surface area contributed by atoms with Crippen LogP contribution in [0.15, 0.2) is 81.8 Å². The number of carbonyl (C=O) groups is 1. The van der Waals surface area contributed by atoms with Crippen LogP contribution >= 0.6 is 23.2 Å². The van der Waals surface area contributed by atoms with E-state index in [0.717, 1.165) is 0 Å². The lowest BCUT2D eigenvalue weighted by atomic mass is 10.0. The molecule has 0 unspecified atom stereocenters. The predicted molar refractivity (Wildman–Crippen MR) is 133 cm³/mol. The molecule has 0 saturated heterocycles. The van der Waals surface area contributed by atoms with Gasteiger partial charge in [0, 0.05) is 16.1 Å². The number of carbonyl (C=O) groups excluding carboxylic acids is 1. The number of aromatic hydroxyl groups is 1. The topological polar surface area (TPSA) is 123 Å². The van der Waals surface area contributed by atoms with Crippen molar-refractivity contribution < 1.29 is 9.90 Å². The van der Waals surface area contributed by atoms with Crippen LogP contribution in [0.5, 0.6) is 5.75 Å². The van der Waals surface area contributed by atoms with Crippen molar-refractivity contribution in [1.82, 2.24) is 9.97 Å². The number of aromatic amines is 2. The van der Waals surface area contributed by atoms with Crippen molar-refractivity contribution >= 4 is 68.0 Å². The van der Waals surface area contributed by atoms with Gasteiger partial charge in [0.05, 0.1) is 21.6 Å². The highest BCUT2D eigenvalue weighted by Gasteiger charge is 2.19. The second kappa shape index (κ2) is 8.66. The van der Waals surface area contributed by atoms with E-state index in [2.05, 4.69) is 25.5 Å². The summed E-state index contributed by atoms with van der Waals surface area (Å²) in [7, 11) is 0. The fraction of sp³-hybridized carbons (Fsp3) is 0. The van der Waals surface area contributed by atoms with E-state index in [1.165, 1.54) is 0 Å². The summed E-state index contributed by atoms with van der Waals surface area (Å²) in [6.07, 6.45) is 0. The van der Waals surface area contributed by atoms with Crippen LogP contribution in [-0.2, 0) is 0 Å². The van der Waals surface area contributed by atoms with Crippen LogP contribution in [0, 0.1) is 0 Å².